The molecule has 112 valence electrons. The van der Waals surface area contributed by atoms with Gasteiger partial charge in [-0.1, -0.05) is 25.7 Å². The molecule has 3 N–H and O–H groups in total. The van der Waals surface area contributed by atoms with Gasteiger partial charge in [0.25, 0.3) is 0 Å². The van der Waals surface area contributed by atoms with Gasteiger partial charge in [0.15, 0.2) is 0 Å². The molecule has 5 heteroatoms. The first-order valence-electron chi connectivity index (χ1n) is 8.21. The molecular weight excluding hydrogens is 250 g/mol. The van der Waals surface area contributed by atoms with Crippen molar-refractivity contribution in [1.29, 1.82) is 0 Å². The first-order valence-corrected chi connectivity index (χ1v) is 8.21. The average Bonchev–Trinajstić information content (AvgIpc) is 3.17. The quantitative estimate of drug-likeness (QED) is 0.864. The second-order valence-electron chi connectivity index (χ2n) is 6.44. The lowest BCUT2D eigenvalue weighted by Crippen LogP contribution is -2.36. The molecule has 0 radical (unpaired) electrons. The maximum absolute atomic E-state index is 5.73. The monoisotopic (exact) mass is 277 g/mol. The molecule has 1 aliphatic heterocycles. The molecule has 2 fully saturated rings. The van der Waals surface area contributed by atoms with Crippen molar-refractivity contribution >= 4 is 5.95 Å². The fourth-order valence-electron chi connectivity index (χ4n) is 3.55. The molecule has 20 heavy (non-hydrogen) atoms. The number of aryl methyl sites for hydroxylation is 1. The molecule has 1 aromatic rings. The number of aromatic nitrogens is 3. The van der Waals surface area contributed by atoms with E-state index in [9.17, 15) is 0 Å². The fraction of sp³-hybridized carbons (Fsp3) is 0.867. The molecule has 1 saturated carbocycles. The van der Waals surface area contributed by atoms with Crippen LogP contribution in [0.2, 0.25) is 0 Å². The SMILES string of the molecule is NCC1CCN(c2n[nH]c(CCC3CCCC3)n2)CC1. The van der Waals surface area contributed by atoms with Gasteiger partial charge in [-0.05, 0) is 37.6 Å². The summed E-state index contributed by atoms with van der Waals surface area (Å²) in [4.78, 5) is 6.97. The van der Waals surface area contributed by atoms with E-state index in [2.05, 4.69) is 20.1 Å². The van der Waals surface area contributed by atoms with E-state index in [4.69, 9.17) is 5.73 Å². The maximum atomic E-state index is 5.73. The van der Waals surface area contributed by atoms with E-state index < -0.39 is 0 Å². The number of hydrogen-bond acceptors (Lipinski definition) is 4. The predicted octanol–water partition coefficient (Wildman–Crippen LogP) is 2.10. The number of rotatable bonds is 5. The average molecular weight is 277 g/mol. The van der Waals surface area contributed by atoms with Gasteiger partial charge in [-0.2, -0.15) is 4.98 Å². The fourth-order valence-corrected chi connectivity index (χ4v) is 3.55. The summed E-state index contributed by atoms with van der Waals surface area (Å²) in [5, 5.41) is 7.52. The van der Waals surface area contributed by atoms with E-state index in [0.717, 1.165) is 43.7 Å². The van der Waals surface area contributed by atoms with Crippen LogP contribution >= 0.6 is 0 Å². The molecule has 0 bridgehead atoms. The summed E-state index contributed by atoms with van der Waals surface area (Å²) in [7, 11) is 0. The van der Waals surface area contributed by atoms with Crippen LogP contribution < -0.4 is 10.6 Å². The summed E-state index contributed by atoms with van der Waals surface area (Å²) in [6.45, 7) is 2.90. The van der Waals surface area contributed by atoms with Crippen molar-refractivity contribution in [3.8, 4) is 0 Å². The number of anilines is 1. The van der Waals surface area contributed by atoms with Crippen molar-refractivity contribution in [1.82, 2.24) is 15.2 Å². The Morgan fingerprint density at radius 1 is 1.10 bits per heavy atom. The lowest BCUT2D eigenvalue weighted by atomic mass is 9.97. The van der Waals surface area contributed by atoms with Crippen molar-refractivity contribution in [2.45, 2.75) is 51.4 Å². The summed E-state index contributed by atoms with van der Waals surface area (Å²) in [6, 6.07) is 0. The van der Waals surface area contributed by atoms with Crippen LogP contribution in [0.3, 0.4) is 0 Å². The highest BCUT2D eigenvalue weighted by Gasteiger charge is 2.21. The Morgan fingerprint density at radius 2 is 1.85 bits per heavy atom. The first kappa shape index (κ1) is 13.9. The highest BCUT2D eigenvalue weighted by atomic mass is 15.4. The topological polar surface area (TPSA) is 70.8 Å². The molecular formula is C15H27N5. The molecule has 0 aromatic carbocycles. The van der Waals surface area contributed by atoms with Gasteiger partial charge in [0, 0.05) is 19.5 Å². The van der Waals surface area contributed by atoms with Gasteiger partial charge in [-0.3, -0.25) is 5.10 Å². The Bertz CT molecular complexity index is 402. The summed E-state index contributed by atoms with van der Waals surface area (Å²) in [5.74, 6) is 3.56. The molecule has 0 atom stereocenters. The first-order chi connectivity index (χ1) is 9.85. The highest BCUT2D eigenvalue weighted by Crippen LogP contribution is 2.28. The zero-order chi connectivity index (χ0) is 13.8. The van der Waals surface area contributed by atoms with Crippen molar-refractivity contribution in [2.75, 3.05) is 24.5 Å². The molecule has 2 aliphatic rings. The van der Waals surface area contributed by atoms with Crippen LogP contribution in [0.1, 0.15) is 50.8 Å². The van der Waals surface area contributed by atoms with Crippen LogP contribution in [-0.2, 0) is 6.42 Å². The molecule has 0 amide bonds. The van der Waals surface area contributed by atoms with Crippen LogP contribution in [0.5, 0.6) is 0 Å². The van der Waals surface area contributed by atoms with Crippen LogP contribution in [0.25, 0.3) is 0 Å². The summed E-state index contributed by atoms with van der Waals surface area (Å²) in [6.07, 6.45) is 10.3. The standard InChI is InChI=1S/C15H27N5/c16-11-13-7-9-20(10-8-13)15-17-14(18-19-15)6-5-12-3-1-2-4-12/h12-13H,1-11,16H2,(H,17,18,19). The van der Waals surface area contributed by atoms with Gasteiger partial charge in [-0.15, -0.1) is 5.10 Å². The molecule has 0 spiro atoms. The zero-order valence-corrected chi connectivity index (χ0v) is 12.4. The molecule has 3 rings (SSSR count). The molecule has 0 unspecified atom stereocenters. The Hall–Kier alpha value is -1.10. The Balaban J connectivity index is 1.49. The third-order valence-corrected chi connectivity index (χ3v) is 5.01. The van der Waals surface area contributed by atoms with Gasteiger partial charge in [0.2, 0.25) is 5.95 Å². The number of H-pyrrole nitrogens is 1. The summed E-state index contributed by atoms with van der Waals surface area (Å²) >= 11 is 0. The van der Waals surface area contributed by atoms with Crippen molar-refractivity contribution in [3.63, 3.8) is 0 Å². The Kier molecular flexibility index (Phi) is 4.55. The van der Waals surface area contributed by atoms with Crippen molar-refractivity contribution in [2.24, 2.45) is 17.6 Å². The lowest BCUT2D eigenvalue weighted by molar-refractivity contribution is 0.411. The second kappa shape index (κ2) is 6.57. The smallest absolute Gasteiger partial charge is 0.244 e. The molecule has 1 aliphatic carbocycles. The van der Waals surface area contributed by atoms with Crippen molar-refractivity contribution in [3.05, 3.63) is 5.82 Å². The van der Waals surface area contributed by atoms with E-state index in [-0.39, 0.29) is 0 Å². The van der Waals surface area contributed by atoms with Gasteiger partial charge < -0.3 is 10.6 Å². The second-order valence-corrected chi connectivity index (χ2v) is 6.44. The van der Waals surface area contributed by atoms with Gasteiger partial charge in [0.1, 0.15) is 5.82 Å². The van der Waals surface area contributed by atoms with E-state index in [1.807, 2.05) is 0 Å². The third-order valence-electron chi connectivity index (χ3n) is 5.01. The molecule has 2 heterocycles. The summed E-state index contributed by atoms with van der Waals surface area (Å²) in [5.41, 5.74) is 5.73. The number of nitrogens with one attached hydrogen (secondary N) is 1. The lowest BCUT2D eigenvalue weighted by Gasteiger charge is -2.30. The summed E-state index contributed by atoms with van der Waals surface area (Å²) < 4.78 is 0. The van der Waals surface area contributed by atoms with E-state index in [1.165, 1.54) is 44.9 Å². The van der Waals surface area contributed by atoms with Gasteiger partial charge in [-0.25, -0.2) is 0 Å². The van der Waals surface area contributed by atoms with Crippen LogP contribution in [0.4, 0.5) is 5.95 Å². The van der Waals surface area contributed by atoms with Crippen molar-refractivity contribution < 1.29 is 0 Å². The number of piperidine rings is 1. The van der Waals surface area contributed by atoms with Crippen LogP contribution in [0.15, 0.2) is 0 Å². The van der Waals surface area contributed by atoms with Gasteiger partial charge in [0.05, 0.1) is 0 Å². The Morgan fingerprint density at radius 3 is 2.55 bits per heavy atom. The van der Waals surface area contributed by atoms with Gasteiger partial charge >= 0.3 is 0 Å². The molecule has 1 saturated heterocycles. The third kappa shape index (κ3) is 3.32. The normalized spacial score (nSPS) is 21.8. The Labute approximate surface area is 121 Å². The van der Waals surface area contributed by atoms with E-state index in [0.29, 0.717) is 5.92 Å². The van der Waals surface area contributed by atoms with E-state index >= 15 is 0 Å². The molecule has 1 aromatic heterocycles. The van der Waals surface area contributed by atoms with Crippen LogP contribution in [0, 0.1) is 11.8 Å². The molecule has 5 nitrogen and oxygen atoms in total. The zero-order valence-electron chi connectivity index (χ0n) is 12.4. The number of hydrogen-bond donors (Lipinski definition) is 2. The number of nitrogens with zero attached hydrogens (tertiary/aromatic N) is 3. The predicted molar refractivity (Wildman–Crippen MR) is 80.7 cm³/mol. The number of aromatic amines is 1. The highest BCUT2D eigenvalue weighted by molar-refractivity contribution is 5.29. The largest absolute Gasteiger partial charge is 0.340 e. The minimum Gasteiger partial charge on any atom is -0.340 e. The minimum atomic E-state index is 0.687. The minimum absolute atomic E-state index is 0.687. The maximum Gasteiger partial charge on any atom is 0.244 e. The van der Waals surface area contributed by atoms with E-state index in [1.54, 1.807) is 0 Å². The van der Waals surface area contributed by atoms with Crippen LogP contribution in [-0.4, -0.2) is 34.8 Å². The number of nitrogens with two attached hydrogens (primary N) is 1.